The molecule has 108 valence electrons. The monoisotopic (exact) mass is 275 g/mol. The van der Waals surface area contributed by atoms with Crippen LogP contribution in [0, 0.1) is 0 Å². The molecule has 1 aliphatic rings. The van der Waals surface area contributed by atoms with Crippen molar-refractivity contribution in [2.24, 2.45) is 5.73 Å². The van der Waals surface area contributed by atoms with Gasteiger partial charge in [0.05, 0.1) is 22.6 Å². The van der Waals surface area contributed by atoms with E-state index in [1.165, 1.54) is 0 Å². The number of anilines is 1. The number of hydrogen-bond acceptors (Lipinski definition) is 5. The highest BCUT2D eigenvalue weighted by Crippen LogP contribution is 2.36. The Hall–Kier alpha value is -1.37. The molecule has 6 heteroatoms. The highest BCUT2D eigenvalue weighted by molar-refractivity contribution is 6.52. The SMILES string of the molecule is CC1(C)OB(/C=C/c2cc(N)cc(CN)n2)OC1(C)C. The Bertz CT molecular complexity index is 513. The molecule has 1 aliphatic heterocycles. The summed E-state index contributed by atoms with van der Waals surface area (Å²) < 4.78 is 11.8. The first-order chi connectivity index (χ1) is 9.23. The first-order valence-electron chi connectivity index (χ1n) is 6.74. The summed E-state index contributed by atoms with van der Waals surface area (Å²) in [6, 6.07) is 3.56. The Morgan fingerprint density at radius 3 is 2.35 bits per heavy atom. The number of nitrogens with two attached hydrogens (primary N) is 2. The van der Waals surface area contributed by atoms with Gasteiger partial charge in [-0.3, -0.25) is 4.98 Å². The lowest BCUT2D eigenvalue weighted by Crippen LogP contribution is -2.41. The first-order valence-corrected chi connectivity index (χ1v) is 6.74. The lowest BCUT2D eigenvalue weighted by molar-refractivity contribution is 0.00578. The number of nitrogen functional groups attached to an aromatic ring is 1. The molecule has 0 radical (unpaired) electrons. The van der Waals surface area contributed by atoms with Crippen molar-refractivity contribution in [1.29, 1.82) is 0 Å². The van der Waals surface area contributed by atoms with Crippen LogP contribution in [0.2, 0.25) is 0 Å². The van der Waals surface area contributed by atoms with Gasteiger partial charge in [-0.25, -0.2) is 0 Å². The van der Waals surface area contributed by atoms with Crippen molar-refractivity contribution in [2.75, 3.05) is 5.73 Å². The molecule has 0 unspecified atom stereocenters. The number of rotatable bonds is 3. The molecule has 1 aromatic heterocycles. The molecule has 4 N–H and O–H groups in total. The molecule has 0 saturated carbocycles. The van der Waals surface area contributed by atoms with E-state index in [0.29, 0.717) is 12.2 Å². The third-order valence-corrected chi connectivity index (χ3v) is 3.83. The molecule has 0 aromatic carbocycles. The van der Waals surface area contributed by atoms with Gasteiger partial charge in [0.1, 0.15) is 0 Å². The second kappa shape index (κ2) is 5.20. The Kier molecular flexibility index (Phi) is 3.91. The van der Waals surface area contributed by atoms with Crippen molar-refractivity contribution in [3.63, 3.8) is 0 Å². The molecular weight excluding hydrogens is 253 g/mol. The van der Waals surface area contributed by atoms with E-state index in [4.69, 9.17) is 20.8 Å². The zero-order valence-electron chi connectivity index (χ0n) is 12.5. The van der Waals surface area contributed by atoms with E-state index in [0.717, 1.165) is 11.4 Å². The summed E-state index contributed by atoms with van der Waals surface area (Å²) >= 11 is 0. The average molecular weight is 275 g/mol. The number of nitrogens with zero attached hydrogens (tertiary/aromatic N) is 1. The van der Waals surface area contributed by atoms with Crippen LogP contribution < -0.4 is 11.5 Å². The van der Waals surface area contributed by atoms with E-state index in [9.17, 15) is 0 Å². The fourth-order valence-corrected chi connectivity index (χ4v) is 1.97. The van der Waals surface area contributed by atoms with E-state index < -0.39 is 0 Å². The topological polar surface area (TPSA) is 83.4 Å². The molecule has 20 heavy (non-hydrogen) atoms. The summed E-state index contributed by atoms with van der Waals surface area (Å²) in [7, 11) is -0.385. The molecule has 0 aliphatic carbocycles. The maximum Gasteiger partial charge on any atom is 0.487 e. The Morgan fingerprint density at radius 1 is 1.20 bits per heavy atom. The zero-order valence-corrected chi connectivity index (χ0v) is 12.5. The first kappa shape index (κ1) is 15.0. The number of hydrogen-bond donors (Lipinski definition) is 2. The lowest BCUT2D eigenvalue weighted by atomic mass is 9.89. The molecule has 1 aromatic rings. The van der Waals surface area contributed by atoms with Gasteiger partial charge in [0.2, 0.25) is 0 Å². The van der Waals surface area contributed by atoms with E-state index in [1.54, 1.807) is 12.1 Å². The van der Waals surface area contributed by atoms with Crippen LogP contribution >= 0.6 is 0 Å². The second-order valence-electron chi connectivity index (χ2n) is 6.00. The van der Waals surface area contributed by atoms with Gasteiger partial charge < -0.3 is 20.8 Å². The van der Waals surface area contributed by atoms with E-state index in [-0.39, 0.29) is 18.3 Å². The van der Waals surface area contributed by atoms with Crippen LogP contribution in [-0.4, -0.2) is 23.3 Å². The van der Waals surface area contributed by atoms with Crippen LogP contribution in [0.1, 0.15) is 39.1 Å². The summed E-state index contributed by atoms with van der Waals surface area (Å²) in [6.45, 7) is 8.44. The summed E-state index contributed by atoms with van der Waals surface area (Å²) in [5.74, 6) is 1.85. The van der Waals surface area contributed by atoms with Gasteiger partial charge in [-0.2, -0.15) is 0 Å². The molecule has 1 saturated heterocycles. The van der Waals surface area contributed by atoms with Crippen molar-refractivity contribution in [2.45, 2.75) is 45.4 Å². The fraction of sp³-hybridized carbons (Fsp3) is 0.500. The molecular formula is C14H22BN3O2. The zero-order chi connectivity index (χ0) is 15.0. The summed E-state index contributed by atoms with van der Waals surface area (Å²) in [4.78, 5) is 4.38. The predicted molar refractivity (Wildman–Crippen MR) is 81.7 cm³/mol. The van der Waals surface area contributed by atoms with Crippen molar-refractivity contribution < 1.29 is 9.31 Å². The van der Waals surface area contributed by atoms with Gasteiger partial charge >= 0.3 is 7.12 Å². The minimum atomic E-state index is -0.385. The van der Waals surface area contributed by atoms with Gasteiger partial charge in [-0.1, -0.05) is 5.98 Å². The molecule has 0 amide bonds. The third kappa shape index (κ3) is 3.03. The van der Waals surface area contributed by atoms with Crippen molar-refractivity contribution in [3.8, 4) is 0 Å². The van der Waals surface area contributed by atoms with Crippen LogP contribution in [0.3, 0.4) is 0 Å². The molecule has 1 fully saturated rings. The quantitative estimate of drug-likeness (QED) is 0.821. The largest absolute Gasteiger partial charge is 0.487 e. The molecule has 0 atom stereocenters. The Morgan fingerprint density at radius 2 is 1.80 bits per heavy atom. The predicted octanol–water partition coefficient (Wildman–Crippen LogP) is 1.77. The maximum atomic E-state index is 5.88. The van der Waals surface area contributed by atoms with E-state index >= 15 is 0 Å². The van der Waals surface area contributed by atoms with Crippen LogP contribution in [0.15, 0.2) is 18.1 Å². The third-order valence-electron chi connectivity index (χ3n) is 3.83. The van der Waals surface area contributed by atoms with Crippen LogP contribution in [-0.2, 0) is 15.9 Å². The van der Waals surface area contributed by atoms with Crippen molar-refractivity contribution >= 4 is 18.9 Å². The normalized spacial score (nSPS) is 20.8. The van der Waals surface area contributed by atoms with Crippen molar-refractivity contribution in [1.82, 2.24) is 4.98 Å². The minimum Gasteiger partial charge on any atom is -0.400 e. The minimum absolute atomic E-state index is 0.340. The van der Waals surface area contributed by atoms with Gasteiger partial charge in [0.25, 0.3) is 0 Å². The van der Waals surface area contributed by atoms with Crippen LogP contribution in [0.25, 0.3) is 6.08 Å². The Balaban J connectivity index is 2.13. The summed E-state index contributed by atoms with van der Waals surface area (Å²) in [5.41, 5.74) is 12.9. The Labute approximate surface area is 120 Å². The highest BCUT2D eigenvalue weighted by Gasteiger charge is 2.49. The maximum absolute atomic E-state index is 5.88. The molecule has 2 rings (SSSR count). The summed E-state index contributed by atoms with van der Waals surface area (Å²) in [6.07, 6.45) is 1.84. The fourth-order valence-electron chi connectivity index (χ4n) is 1.97. The van der Waals surface area contributed by atoms with Crippen molar-refractivity contribution in [3.05, 3.63) is 29.5 Å². The number of aromatic nitrogens is 1. The average Bonchev–Trinajstić information content (AvgIpc) is 2.54. The molecule has 2 heterocycles. The lowest BCUT2D eigenvalue weighted by Gasteiger charge is -2.32. The van der Waals surface area contributed by atoms with E-state index in [2.05, 4.69) is 4.98 Å². The molecule has 5 nitrogen and oxygen atoms in total. The molecule has 0 bridgehead atoms. The number of pyridine rings is 1. The van der Waals surface area contributed by atoms with Gasteiger partial charge in [-0.15, -0.1) is 0 Å². The van der Waals surface area contributed by atoms with Gasteiger partial charge in [-0.05, 0) is 45.9 Å². The smallest absolute Gasteiger partial charge is 0.400 e. The van der Waals surface area contributed by atoms with Gasteiger partial charge in [0, 0.05) is 12.2 Å². The van der Waals surface area contributed by atoms with Crippen LogP contribution in [0.4, 0.5) is 5.69 Å². The molecule has 0 spiro atoms. The van der Waals surface area contributed by atoms with Crippen LogP contribution in [0.5, 0.6) is 0 Å². The standard InChI is InChI=1S/C14H22BN3O2/c1-13(2)14(3,4)20-15(19-13)6-5-11-7-10(17)8-12(9-16)18-11/h5-8H,9,16H2,1-4H3,(H2,17,18)/b6-5+. The second-order valence-corrected chi connectivity index (χ2v) is 6.00. The van der Waals surface area contributed by atoms with E-state index in [1.807, 2.05) is 39.7 Å². The highest BCUT2D eigenvalue weighted by atomic mass is 16.7. The van der Waals surface area contributed by atoms with Gasteiger partial charge in [0.15, 0.2) is 0 Å². The summed E-state index contributed by atoms with van der Waals surface area (Å²) in [5, 5.41) is 0.